The van der Waals surface area contributed by atoms with Gasteiger partial charge in [0.05, 0.1) is 23.5 Å². The van der Waals surface area contributed by atoms with E-state index in [0.29, 0.717) is 38.9 Å². The summed E-state index contributed by atoms with van der Waals surface area (Å²) in [6.45, 7) is 3.24. The lowest BCUT2D eigenvalue weighted by atomic mass is 10.0. The van der Waals surface area contributed by atoms with Gasteiger partial charge in [-0.1, -0.05) is 0 Å². The first kappa shape index (κ1) is 27.6. The van der Waals surface area contributed by atoms with E-state index in [2.05, 4.69) is 25.7 Å². The first-order valence-corrected chi connectivity index (χ1v) is 11.9. The first-order valence-electron chi connectivity index (χ1n) is 11.9. The SMILES string of the molecule is C[C@H](CN[C@@H]1CCN(C2CCN(c3ncc(C(F)(F)F)cn3)CC2)C1=O)Nc1cn[nH]c(=O)c1C(F)(F)F. The Morgan fingerprint density at radius 3 is 2.26 bits per heavy atom. The van der Waals surface area contributed by atoms with Gasteiger partial charge >= 0.3 is 12.4 Å². The molecule has 0 saturated carbocycles. The van der Waals surface area contributed by atoms with E-state index in [4.69, 9.17) is 0 Å². The van der Waals surface area contributed by atoms with Crippen molar-refractivity contribution in [3.63, 3.8) is 0 Å². The molecule has 4 rings (SSSR count). The number of carbonyl (C=O) groups excluding carboxylic acids is 1. The molecule has 2 atom stereocenters. The molecule has 16 heteroatoms. The van der Waals surface area contributed by atoms with Gasteiger partial charge in [-0.15, -0.1) is 0 Å². The molecule has 10 nitrogen and oxygen atoms in total. The molecule has 0 bridgehead atoms. The van der Waals surface area contributed by atoms with Gasteiger partial charge in [0, 0.05) is 50.7 Å². The number of halogens is 6. The van der Waals surface area contributed by atoms with Gasteiger partial charge in [0.25, 0.3) is 5.56 Å². The Hall–Kier alpha value is -3.43. The lowest BCUT2D eigenvalue weighted by molar-refractivity contribution is -0.139. The fourth-order valence-corrected chi connectivity index (χ4v) is 4.69. The van der Waals surface area contributed by atoms with Crippen molar-refractivity contribution in [1.82, 2.24) is 30.4 Å². The monoisotopic (exact) mass is 548 g/mol. The number of likely N-dealkylation sites (tertiary alicyclic amines) is 1. The second-order valence-corrected chi connectivity index (χ2v) is 9.30. The molecular weight excluding hydrogens is 522 g/mol. The smallest absolute Gasteiger partial charge is 0.379 e. The summed E-state index contributed by atoms with van der Waals surface area (Å²) in [6, 6.07) is -1.10. The van der Waals surface area contributed by atoms with Gasteiger partial charge < -0.3 is 20.4 Å². The molecule has 2 aliphatic heterocycles. The normalized spacial score (nSPS) is 20.2. The van der Waals surface area contributed by atoms with E-state index < -0.39 is 46.8 Å². The number of H-pyrrole nitrogens is 1. The second-order valence-electron chi connectivity index (χ2n) is 9.30. The van der Waals surface area contributed by atoms with Crippen molar-refractivity contribution >= 4 is 17.5 Å². The van der Waals surface area contributed by atoms with Crippen molar-refractivity contribution in [3.05, 3.63) is 40.1 Å². The summed E-state index contributed by atoms with van der Waals surface area (Å²) in [5.41, 5.74) is -4.08. The highest BCUT2D eigenvalue weighted by Crippen LogP contribution is 2.32. The van der Waals surface area contributed by atoms with Crippen LogP contribution in [0.4, 0.5) is 38.0 Å². The van der Waals surface area contributed by atoms with Crippen LogP contribution in [0, 0.1) is 0 Å². The van der Waals surface area contributed by atoms with Crippen LogP contribution < -0.4 is 21.1 Å². The topological polar surface area (TPSA) is 119 Å². The summed E-state index contributed by atoms with van der Waals surface area (Å²) >= 11 is 0. The molecule has 3 N–H and O–H groups in total. The highest BCUT2D eigenvalue weighted by atomic mass is 19.4. The standard InChI is InChI=1S/C22H26F6N8O2/c1-12(33-16-11-32-34-18(37)17(16)22(26,27)28)8-29-15-4-7-36(19(15)38)14-2-5-35(6-3-14)20-30-9-13(10-31-20)21(23,24)25/h9-12,14-15,29H,2-8H2,1H3,(H2,33,34,37)/t12-,15-/m1/s1. The molecule has 0 radical (unpaired) electrons. The Morgan fingerprint density at radius 1 is 1.00 bits per heavy atom. The lowest BCUT2D eigenvalue weighted by Crippen LogP contribution is -2.49. The van der Waals surface area contributed by atoms with Crippen molar-refractivity contribution < 1.29 is 31.1 Å². The minimum atomic E-state index is -4.86. The summed E-state index contributed by atoms with van der Waals surface area (Å²) in [6.07, 6.45) is -5.26. The number of piperidine rings is 1. The number of aromatic amines is 1. The van der Waals surface area contributed by atoms with Crippen molar-refractivity contribution in [2.75, 3.05) is 36.4 Å². The average Bonchev–Trinajstić information content (AvgIpc) is 3.21. The molecule has 2 fully saturated rings. The third-order valence-electron chi connectivity index (χ3n) is 6.61. The Balaban J connectivity index is 1.27. The van der Waals surface area contributed by atoms with Gasteiger partial charge in [0.2, 0.25) is 11.9 Å². The van der Waals surface area contributed by atoms with Crippen LogP contribution in [-0.4, -0.2) is 75.3 Å². The molecule has 38 heavy (non-hydrogen) atoms. The zero-order valence-corrected chi connectivity index (χ0v) is 20.2. The van der Waals surface area contributed by atoms with E-state index in [9.17, 15) is 35.9 Å². The zero-order valence-electron chi connectivity index (χ0n) is 20.2. The zero-order chi connectivity index (χ0) is 27.7. The number of nitrogens with one attached hydrogen (secondary N) is 3. The van der Waals surface area contributed by atoms with Crippen LogP contribution in [0.3, 0.4) is 0 Å². The maximum Gasteiger partial charge on any atom is 0.423 e. The lowest BCUT2D eigenvalue weighted by Gasteiger charge is -2.36. The van der Waals surface area contributed by atoms with Gasteiger partial charge in [-0.25, -0.2) is 15.1 Å². The largest absolute Gasteiger partial charge is 0.423 e. The van der Waals surface area contributed by atoms with Crippen LogP contribution in [0.1, 0.15) is 37.3 Å². The number of rotatable bonds is 7. The molecule has 2 aliphatic rings. The van der Waals surface area contributed by atoms with E-state index >= 15 is 0 Å². The summed E-state index contributed by atoms with van der Waals surface area (Å²) in [7, 11) is 0. The average molecular weight is 548 g/mol. The number of carbonyl (C=O) groups is 1. The van der Waals surface area contributed by atoms with Gasteiger partial charge in [0.15, 0.2) is 0 Å². The van der Waals surface area contributed by atoms with E-state index in [1.165, 1.54) is 0 Å². The highest BCUT2D eigenvalue weighted by molar-refractivity contribution is 5.84. The highest BCUT2D eigenvalue weighted by Gasteiger charge is 2.39. The second kappa shape index (κ2) is 10.7. The van der Waals surface area contributed by atoms with Crippen molar-refractivity contribution in [2.24, 2.45) is 0 Å². The van der Waals surface area contributed by atoms with Crippen LogP contribution in [-0.2, 0) is 17.1 Å². The van der Waals surface area contributed by atoms with Crippen LogP contribution >= 0.6 is 0 Å². The minimum absolute atomic E-state index is 0.0491. The Kier molecular flexibility index (Phi) is 7.80. The number of aromatic nitrogens is 4. The van der Waals surface area contributed by atoms with Crippen molar-refractivity contribution in [3.8, 4) is 0 Å². The minimum Gasteiger partial charge on any atom is -0.379 e. The molecule has 4 heterocycles. The maximum absolute atomic E-state index is 13.2. The Bertz CT molecular complexity index is 1180. The molecular formula is C22H26F6N8O2. The van der Waals surface area contributed by atoms with Gasteiger partial charge in [-0.2, -0.15) is 31.4 Å². The number of amides is 1. The van der Waals surface area contributed by atoms with Crippen LogP contribution in [0.25, 0.3) is 0 Å². The van der Waals surface area contributed by atoms with Crippen molar-refractivity contribution in [1.29, 1.82) is 0 Å². The van der Waals surface area contributed by atoms with E-state index in [0.717, 1.165) is 18.6 Å². The molecule has 2 aromatic heterocycles. The van der Waals surface area contributed by atoms with Crippen LogP contribution in [0.5, 0.6) is 0 Å². The number of alkyl halides is 6. The maximum atomic E-state index is 13.2. The van der Waals surface area contributed by atoms with Crippen LogP contribution in [0.15, 0.2) is 23.4 Å². The van der Waals surface area contributed by atoms with Gasteiger partial charge in [-0.05, 0) is 26.2 Å². The number of hydrogen-bond acceptors (Lipinski definition) is 8. The van der Waals surface area contributed by atoms with Crippen molar-refractivity contribution in [2.45, 2.75) is 56.7 Å². The predicted octanol–water partition coefficient (Wildman–Crippen LogP) is 2.26. The van der Waals surface area contributed by atoms with E-state index in [1.807, 2.05) is 0 Å². The predicted molar refractivity (Wildman–Crippen MR) is 123 cm³/mol. The van der Waals surface area contributed by atoms with E-state index in [1.54, 1.807) is 21.8 Å². The molecule has 2 aromatic rings. The fourth-order valence-electron chi connectivity index (χ4n) is 4.69. The van der Waals surface area contributed by atoms with Crippen LogP contribution in [0.2, 0.25) is 0 Å². The van der Waals surface area contributed by atoms with E-state index in [-0.39, 0.29) is 24.4 Å². The summed E-state index contributed by atoms with van der Waals surface area (Å²) in [5, 5.41) is 10.9. The number of anilines is 2. The molecule has 0 aliphatic carbocycles. The quantitative estimate of drug-likeness (QED) is 0.451. The molecule has 208 valence electrons. The molecule has 2 saturated heterocycles. The number of hydrogen-bond donors (Lipinski definition) is 3. The third kappa shape index (κ3) is 6.16. The first-order chi connectivity index (χ1) is 17.8. The summed E-state index contributed by atoms with van der Waals surface area (Å²) in [5.74, 6) is 0.0877. The molecule has 1 amide bonds. The summed E-state index contributed by atoms with van der Waals surface area (Å²) in [4.78, 5) is 35.8. The Labute approximate surface area is 212 Å². The van der Waals surface area contributed by atoms with Gasteiger partial charge in [-0.3, -0.25) is 9.59 Å². The number of nitrogens with zero attached hydrogens (tertiary/aromatic N) is 5. The third-order valence-corrected chi connectivity index (χ3v) is 6.61. The van der Waals surface area contributed by atoms with Gasteiger partial charge in [0.1, 0.15) is 5.56 Å². The molecule has 0 aromatic carbocycles. The Morgan fingerprint density at radius 2 is 1.66 bits per heavy atom. The fraction of sp³-hybridized carbons (Fsp3) is 0.591. The molecule has 0 unspecified atom stereocenters. The molecule has 0 spiro atoms. The summed E-state index contributed by atoms with van der Waals surface area (Å²) < 4.78 is 77.9.